The molecule has 2 aromatic rings. The van der Waals surface area contributed by atoms with Crippen LogP contribution in [0.5, 0.6) is 0 Å². The minimum atomic E-state index is -1.13. The average Bonchev–Trinajstić information content (AvgIpc) is 3.05. The number of nitrogens with zero attached hydrogens (tertiary/aromatic N) is 4. The Bertz CT molecular complexity index is 637. The van der Waals surface area contributed by atoms with E-state index >= 15 is 0 Å². The first-order valence-electron chi connectivity index (χ1n) is 6.10. The van der Waals surface area contributed by atoms with E-state index in [1.54, 1.807) is 0 Å². The first kappa shape index (κ1) is 14.9. The standard InChI is InChI=1S/C11H14N6O3S/c1-7-6-21-9(14-7)4-13-11(20)12-2-3-17-5-8(10(18)19)15-16-17/h5-6H,2-4H2,1H3,(H,18,19)(H2,12,13,20). The van der Waals surface area contributed by atoms with Crippen molar-refractivity contribution in [2.24, 2.45) is 0 Å². The lowest BCUT2D eigenvalue weighted by molar-refractivity contribution is 0.0690. The molecule has 2 amide bonds. The molecule has 0 fully saturated rings. The number of urea groups is 1. The first-order valence-corrected chi connectivity index (χ1v) is 6.98. The zero-order valence-corrected chi connectivity index (χ0v) is 12.1. The van der Waals surface area contributed by atoms with E-state index < -0.39 is 5.97 Å². The summed E-state index contributed by atoms with van der Waals surface area (Å²) in [6.07, 6.45) is 1.31. The van der Waals surface area contributed by atoms with E-state index in [1.807, 2.05) is 12.3 Å². The van der Waals surface area contributed by atoms with Crippen LogP contribution < -0.4 is 10.6 Å². The average molecular weight is 310 g/mol. The van der Waals surface area contributed by atoms with Crippen LogP contribution in [0.15, 0.2) is 11.6 Å². The van der Waals surface area contributed by atoms with Gasteiger partial charge in [-0.1, -0.05) is 5.21 Å². The van der Waals surface area contributed by atoms with E-state index in [1.165, 1.54) is 22.2 Å². The molecule has 0 aliphatic rings. The number of rotatable bonds is 6. The van der Waals surface area contributed by atoms with Crippen molar-refractivity contribution in [1.29, 1.82) is 0 Å². The van der Waals surface area contributed by atoms with Crippen molar-refractivity contribution in [3.05, 3.63) is 28.0 Å². The summed E-state index contributed by atoms with van der Waals surface area (Å²) in [5.74, 6) is -1.13. The number of carbonyl (C=O) groups is 2. The van der Waals surface area contributed by atoms with Crippen LogP contribution in [0.4, 0.5) is 4.79 Å². The summed E-state index contributed by atoms with van der Waals surface area (Å²) in [6.45, 7) is 2.91. The molecule has 2 rings (SSSR count). The minimum absolute atomic E-state index is 0.126. The van der Waals surface area contributed by atoms with Gasteiger partial charge < -0.3 is 15.7 Å². The molecule has 2 heterocycles. The number of hydrogen-bond acceptors (Lipinski definition) is 6. The molecule has 0 aliphatic heterocycles. The Hall–Kier alpha value is -2.49. The van der Waals surface area contributed by atoms with Crippen LogP contribution in [0.3, 0.4) is 0 Å². The Morgan fingerprint density at radius 1 is 1.43 bits per heavy atom. The Balaban J connectivity index is 1.67. The van der Waals surface area contributed by atoms with Gasteiger partial charge in [0.2, 0.25) is 0 Å². The highest BCUT2D eigenvalue weighted by Crippen LogP contribution is 2.07. The van der Waals surface area contributed by atoms with Crippen molar-refractivity contribution >= 4 is 23.3 Å². The fourth-order valence-electron chi connectivity index (χ4n) is 1.49. The molecule has 10 heteroatoms. The molecule has 3 N–H and O–H groups in total. The maximum atomic E-state index is 11.5. The fourth-order valence-corrected chi connectivity index (χ4v) is 2.20. The Morgan fingerprint density at radius 3 is 2.86 bits per heavy atom. The predicted octanol–water partition coefficient (Wildman–Crippen LogP) is 0.241. The Morgan fingerprint density at radius 2 is 2.24 bits per heavy atom. The van der Waals surface area contributed by atoms with Crippen LogP contribution in [0.1, 0.15) is 21.2 Å². The van der Waals surface area contributed by atoms with Crippen molar-refractivity contribution < 1.29 is 14.7 Å². The minimum Gasteiger partial charge on any atom is -0.476 e. The highest BCUT2D eigenvalue weighted by Gasteiger charge is 2.08. The SMILES string of the molecule is Cc1csc(CNC(=O)NCCn2cc(C(=O)O)nn2)n1. The lowest BCUT2D eigenvalue weighted by Crippen LogP contribution is -2.36. The quantitative estimate of drug-likeness (QED) is 0.702. The largest absolute Gasteiger partial charge is 0.476 e. The molecule has 0 radical (unpaired) electrons. The van der Waals surface area contributed by atoms with E-state index in [2.05, 4.69) is 25.9 Å². The molecule has 112 valence electrons. The van der Waals surface area contributed by atoms with Crippen molar-refractivity contribution in [3.63, 3.8) is 0 Å². The number of amides is 2. The number of carboxylic acid groups (broad SMARTS) is 1. The Kier molecular flexibility index (Phi) is 4.82. The second-order valence-electron chi connectivity index (χ2n) is 4.16. The van der Waals surface area contributed by atoms with Crippen molar-refractivity contribution in [2.45, 2.75) is 20.0 Å². The van der Waals surface area contributed by atoms with Crippen molar-refractivity contribution in [2.75, 3.05) is 6.54 Å². The molecule has 0 bridgehead atoms. The zero-order valence-electron chi connectivity index (χ0n) is 11.2. The van der Waals surface area contributed by atoms with Crippen molar-refractivity contribution in [3.8, 4) is 0 Å². The van der Waals surface area contributed by atoms with Crippen LogP contribution in [0.25, 0.3) is 0 Å². The predicted molar refractivity (Wildman–Crippen MR) is 74.1 cm³/mol. The Labute approximate surface area is 124 Å². The number of hydrogen-bond donors (Lipinski definition) is 3. The number of carboxylic acids is 1. The summed E-state index contributed by atoms with van der Waals surface area (Å²) >= 11 is 1.49. The number of aryl methyl sites for hydroxylation is 1. The van der Waals surface area contributed by atoms with Gasteiger partial charge in [-0.2, -0.15) is 0 Å². The molecule has 0 atom stereocenters. The van der Waals surface area contributed by atoms with Gasteiger partial charge >= 0.3 is 12.0 Å². The number of nitrogens with one attached hydrogen (secondary N) is 2. The molecule has 0 saturated heterocycles. The van der Waals surface area contributed by atoms with Gasteiger partial charge in [-0.15, -0.1) is 16.4 Å². The molecule has 2 aromatic heterocycles. The lowest BCUT2D eigenvalue weighted by Gasteiger charge is -2.05. The van der Waals surface area contributed by atoms with Crippen LogP contribution in [0, 0.1) is 6.92 Å². The van der Waals surface area contributed by atoms with Gasteiger partial charge in [0.05, 0.1) is 19.3 Å². The van der Waals surface area contributed by atoms with Gasteiger partial charge in [-0.25, -0.2) is 19.3 Å². The van der Waals surface area contributed by atoms with E-state index in [9.17, 15) is 9.59 Å². The van der Waals surface area contributed by atoms with Crippen LogP contribution >= 0.6 is 11.3 Å². The monoisotopic (exact) mass is 310 g/mol. The first-order chi connectivity index (χ1) is 10.0. The topological polar surface area (TPSA) is 122 Å². The van der Waals surface area contributed by atoms with Crippen LogP contribution in [-0.2, 0) is 13.1 Å². The molecular weight excluding hydrogens is 296 g/mol. The van der Waals surface area contributed by atoms with E-state index in [-0.39, 0.29) is 11.7 Å². The second-order valence-corrected chi connectivity index (χ2v) is 5.11. The molecule has 0 unspecified atom stereocenters. The van der Waals surface area contributed by atoms with Gasteiger partial charge in [0.25, 0.3) is 0 Å². The van der Waals surface area contributed by atoms with Crippen molar-refractivity contribution in [1.82, 2.24) is 30.6 Å². The van der Waals surface area contributed by atoms with Crippen LogP contribution in [-0.4, -0.2) is 43.6 Å². The van der Waals surface area contributed by atoms with Crippen LogP contribution in [0.2, 0.25) is 0 Å². The van der Waals surface area contributed by atoms with Gasteiger partial charge in [-0.3, -0.25) is 0 Å². The van der Waals surface area contributed by atoms with Gasteiger partial charge in [-0.05, 0) is 6.92 Å². The zero-order chi connectivity index (χ0) is 15.2. The smallest absolute Gasteiger partial charge is 0.358 e. The van der Waals surface area contributed by atoms with E-state index in [0.29, 0.717) is 19.6 Å². The van der Waals surface area contributed by atoms with E-state index in [4.69, 9.17) is 5.11 Å². The summed E-state index contributed by atoms with van der Waals surface area (Å²) < 4.78 is 1.36. The molecular formula is C11H14N6O3S. The van der Waals surface area contributed by atoms with Gasteiger partial charge in [0, 0.05) is 17.6 Å². The number of aromatic nitrogens is 4. The number of aromatic carboxylic acids is 1. The third-order valence-electron chi connectivity index (χ3n) is 2.45. The molecule has 0 spiro atoms. The fraction of sp³-hybridized carbons (Fsp3) is 0.364. The molecule has 0 saturated carbocycles. The third-order valence-corrected chi connectivity index (χ3v) is 3.42. The second kappa shape index (κ2) is 6.79. The summed E-state index contributed by atoms with van der Waals surface area (Å²) in [5.41, 5.74) is 0.802. The number of carbonyl (C=O) groups excluding carboxylic acids is 1. The third kappa shape index (κ3) is 4.53. The molecule has 0 aliphatic carbocycles. The molecule has 21 heavy (non-hydrogen) atoms. The van der Waals surface area contributed by atoms with Gasteiger partial charge in [0.15, 0.2) is 5.69 Å². The summed E-state index contributed by atoms with van der Waals surface area (Å²) in [4.78, 5) is 26.4. The maximum Gasteiger partial charge on any atom is 0.358 e. The van der Waals surface area contributed by atoms with E-state index in [0.717, 1.165) is 10.7 Å². The lowest BCUT2D eigenvalue weighted by atomic mass is 10.5. The number of thiazole rings is 1. The van der Waals surface area contributed by atoms with Gasteiger partial charge in [0.1, 0.15) is 5.01 Å². The maximum absolute atomic E-state index is 11.5. The highest BCUT2D eigenvalue weighted by atomic mass is 32.1. The molecule has 0 aromatic carbocycles. The summed E-state index contributed by atoms with van der Waals surface area (Å²) in [5, 5.41) is 23.9. The highest BCUT2D eigenvalue weighted by molar-refractivity contribution is 7.09. The summed E-state index contributed by atoms with van der Waals surface area (Å²) in [6, 6.07) is -0.318. The molecule has 9 nitrogen and oxygen atoms in total. The normalized spacial score (nSPS) is 10.3. The summed E-state index contributed by atoms with van der Waals surface area (Å²) in [7, 11) is 0.